The average Bonchev–Trinajstić information content (AvgIpc) is 2.58. The van der Waals surface area contributed by atoms with Gasteiger partial charge in [0.25, 0.3) is 0 Å². The third-order valence-electron chi connectivity index (χ3n) is 4.03. The molecule has 1 saturated carbocycles. The van der Waals surface area contributed by atoms with Crippen LogP contribution < -0.4 is 11.1 Å². The van der Waals surface area contributed by atoms with Gasteiger partial charge in [0.2, 0.25) is 5.95 Å². The summed E-state index contributed by atoms with van der Waals surface area (Å²) in [6.45, 7) is 0. The standard InChI is InChI=1S/C18H19ClN4O/c19-14-5-2-12(3-6-14)1-4-13-11-21-18(20)23-17(13)22-15-7-9-16(24)10-8-15/h2-3,5-6,11,15-16,24H,7-10H2,(H3,20,21,22,23)/t15-,16+. The van der Waals surface area contributed by atoms with Crippen LogP contribution in [-0.4, -0.2) is 27.2 Å². The van der Waals surface area contributed by atoms with Crippen LogP contribution in [0.4, 0.5) is 11.8 Å². The summed E-state index contributed by atoms with van der Waals surface area (Å²) >= 11 is 5.88. The number of aliphatic hydroxyl groups is 1. The molecule has 0 radical (unpaired) electrons. The Morgan fingerprint density at radius 2 is 1.83 bits per heavy atom. The molecule has 0 saturated heterocycles. The topological polar surface area (TPSA) is 84.1 Å². The zero-order valence-electron chi connectivity index (χ0n) is 13.2. The predicted molar refractivity (Wildman–Crippen MR) is 95.8 cm³/mol. The van der Waals surface area contributed by atoms with Gasteiger partial charge in [-0.1, -0.05) is 23.4 Å². The lowest BCUT2D eigenvalue weighted by Crippen LogP contribution is -2.29. The second kappa shape index (κ2) is 7.52. The highest BCUT2D eigenvalue weighted by Crippen LogP contribution is 2.23. The number of hydrogen-bond acceptors (Lipinski definition) is 5. The number of anilines is 2. The molecule has 1 aromatic carbocycles. The average molecular weight is 343 g/mol. The molecule has 1 aliphatic carbocycles. The normalized spacial score (nSPS) is 20.1. The predicted octanol–water partition coefficient (Wildman–Crippen LogP) is 2.83. The summed E-state index contributed by atoms with van der Waals surface area (Å²) < 4.78 is 0. The van der Waals surface area contributed by atoms with E-state index in [1.165, 1.54) is 0 Å². The number of hydrogen-bond donors (Lipinski definition) is 3. The zero-order chi connectivity index (χ0) is 16.9. The minimum absolute atomic E-state index is 0.192. The fourth-order valence-electron chi connectivity index (χ4n) is 2.68. The van der Waals surface area contributed by atoms with Crippen molar-refractivity contribution < 1.29 is 5.11 Å². The maximum Gasteiger partial charge on any atom is 0.222 e. The monoisotopic (exact) mass is 342 g/mol. The maximum absolute atomic E-state index is 9.62. The second-order valence-electron chi connectivity index (χ2n) is 5.90. The van der Waals surface area contributed by atoms with Crippen LogP contribution in [0, 0.1) is 11.8 Å². The molecule has 0 amide bonds. The van der Waals surface area contributed by atoms with E-state index in [0.29, 0.717) is 16.4 Å². The smallest absolute Gasteiger partial charge is 0.222 e. The quantitative estimate of drug-likeness (QED) is 0.731. The Balaban J connectivity index is 1.79. The summed E-state index contributed by atoms with van der Waals surface area (Å²) in [4.78, 5) is 8.32. The molecule has 5 nitrogen and oxygen atoms in total. The van der Waals surface area contributed by atoms with E-state index in [4.69, 9.17) is 17.3 Å². The SMILES string of the molecule is Nc1ncc(C#Cc2ccc(Cl)cc2)c(N[C@H]2CC[C@@H](O)CC2)n1. The van der Waals surface area contributed by atoms with Gasteiger partial charge in [-0.2, -0.15) is 4.98 Å². The summed E-state index contributed by atoms with van der Waals surface area (Å²) in [6, 6.07) is 7.60. The maximum atomic E-state index is 9.62. The number of benzene rings is 1. The summed E-state index contributed by atoms with van der Waals surface area (Å²) in [6.07, 6.45) is 4.83. The van der Waals surface area contributed by atoms with Crippen LogP contribution in [0.3, 0.4) is 0 Å². The highest BCUT2D eigenvalue weighted by Gasteiger charge is 2.20. The first-order valence-corrected chi connectivity index (χ1v) is 8.32. The van der Waals surface area contributed by atoms with Crippen LogP contribution in [0.1, 0.15) is 36.8 Å². The Kier molecular flexibility index (Phi) is 5.19. The van der Waals surface area contributed by atoms with Crippen molar-refractivity contribution >= 4 is 23.4 Å². The largest absolute Gasteiger partial charge is 0.393 e. The zero-order valence-corrected chi connectivity index (χ0v) is 13.9. The number of nitrogen functional groups attached to an aromatic ring is 1. The molecule has 0 atom stereocenters. The van der Waals surface area contributed by atoms with Gasteiger partial charge in [-0.25, -0.2) is 4.98 Å². The summed E-state index contributed by atoms with van der Waals surface area (Å²) in [7, 11) is 0. The van der Waals surface area contributed by atoms with E-state index >= 15 is 0 Å². The second-order valence-corrected chi connectivity index (χ2v) is 6.33. The number of nitrogens with zero attached hydrogens (tertiary/aromatic N) is 2. The highest BCUT2D eigenvalue weighted by molar-refractivity contribution is 6.30. The molecule has 1 fully saturated rings. The number of halogens is 1. The van der Waals surface area contributed by atoms with Crippen molar-refractivity contribution in [2.75, 3.05) is 11.1 Å². The molecule has 124 valence electrons. The van der Waals surface area contributed by atoms with Crippen LogP contribution in [0.25, 0.3) is 0 Å². The third kappa shape index (κ3) is 4.38. The van der Waals surface area contributed by atoms with Gasteiger partial charge in [-0.15, -0.1) is 0 Å². The summed E-state index contributed by atoms with van der Waals surface area (Å²) in [5, 5.41) is 13.7. The molecular formula is C18H19ClN4O. The first kappa shape index (κ1) is 16.6. The van der Waals surface area contributed by atoms with Gasteiger partial charge >= 0.3 is 0 Å². The van der Waals surface area contributed by atoms with E-state index in [0.717, 1.165) is 31.2 Å². The lowest BCUT2D eigenvalue weighted by Gasteiger charge is -2.26. The van der Waals surface area contributed by atoms with Crippen molar-refractivity contribution in [3.05, 3.63) is 46.6 Å². The fraction of sp³-hybridized carbons (Fsp3) is 0.333. The molecule has 2 aromatic rings. The molecule has 0 bridgehead atoms. The van der Waals surface area contributed by atoms with Gasteiger partial charge in [0.1, 0.15) is 5.82 Å². The minimum Gasteiger partial charge on any atom is -0.393 e. The van der Waals surface area contributed by atoms with Crippen molar-refractivity contribution in [3.8, 4) is 11.8 Å². The lowest BCUT2D eigenvalue weighted by atomic mass is 9.93. The fourth-order valence-corrected chi connectivity index (χ4v) is 2.81. The van der Waals surface area contributed by atoms with E-state index < -0.39 is 0 Å². The Hall–Kier alpha value is -2.29. The van der Waals surface area contributed by atoms with Crippen molar-refractivity contribution in [2.45, 2.75) is 37.8 Å². The summed E-state index contributed by atoms with van der Waals surface area (Å²) in [5.74, 6) is 7.03. The first-order valence-electron chi connectivity index (χ1n) is 7.95. The van der Waals surface area contributed by atoms with E-state index in [1.807, 2.05) is 12.1 Å². The highest BCUT2D eigenvalue weighted by atomic mass is 35.5. The van der Waals surface area contributed by atoms with Crippen LogP contribution in [-0.2, 0) is 0 Å². The van der Waals surface area contributed by atoms with Crippen LogP contribution in [0.2, 0.25) is 5.02 Å². The van der Waals surface area contributed by atoms with Crippen molar-refractivity contribution in [2.24, 2.45) is 0 Å². The van der Waals surface area contributed by atoms with Crippen LogP contribution in [0.15, 0.2) is 30.5 Å². The Morgan fingerprint density at radius 3 is 2.54 bits per heavy atom. The number of aromatic nitrogens is 2. The molecule has 1 aromatic heterocycles. The van der Waals surface area contributed by atoms with E-state index in [2.05, 4.69) is 27.1 Å². The van der Waals surface area contributed by atoms with E-state index in [9.17, 15) is 5.11 Å². The van der Waals surface area contributed by atoms with Gasteiger partial charge in [-0.05, 0) is 49.9 Å². The van der Waals surface area contributed by atoms with Gasteiger partial charge in [-0.3, -0.25) is 0 Å². The third-order valence-corrected chi connectivity index (χ3v) is 4.28. The Labute approximate surface area is 146 Å². The molecule has 0 aliphatic heterocycles. The van der Waals surface area contributed by atoms with Crippen molar-refractivity contribution in [1.82, 2.24) is 9.97 Å². The molecule has 6 heteroatoms. The molecular weight excluding hydrogens is 324 g/mol. The Bertz CT molecular complexity index is 759. The Morgan fingerprint density at radius 1 is 1.12 bits per heavy atom. The number of nitrogens with one attached hydrogen (secondary N) is 1. The molecule has 1 aliphatic rings. The number of nitrogens with two attached hydrogens (primary N) is 1. The number of aliphatic hydroxyl groups excluding tert-OH is 1. The van der Waals surface area contributed by atoms with Gasteiger partial charge in [0, 0.05) is 16.6 Å². The first-order chi connectivity index (χ1) is 11.6. The summed E-state index contributed by atoms with van der Waals surface area (Å²) in [5.41, 5.74) is 7.28. The van der Waals surface area contributed by atoms with Gasteiger partial charge in [0.05, 0.1) is 17.9 Å². The van der Waals surface area contributed by atoms with Crippen molar-refractivity contribution in [1.29, 1.82) is 0 Å². The van der Waals surface area contributed by atoms with Crippen LogP contribution in [0.5, 0.6) is 0 Å². The van der Waals surface area contributed by atoms with Gasteiger partial charge < -0.3 is 16.2 Å². The molecule has 0 spiro atoms. The van der Waals surface area contributed by atoms with Gasteiger partial charge in [0.15, 0.2) is 0 Å². The van der Waals surface area contributed by atoms with E-state index in [-0.39, 0.29) is 18.1 Å². The van der Waals surface area contributed by atoms with Crippen molar-refractivity contribution in [3.63, 3.8) is 0 Å². The molecule has 0 unspecified atom stereocenters. The molecule has 1 heterocycles. The minimum atomic E-state index is -0.192. The number of rotatable bonds is 2. The van der Waals surface area contributed by atoms with E-state index in [1.54, 1.807) is 18.3 Å². The molecule has 3 rings (SSSR count). The van der Waals surface area contributed by atoms with Crippen LogP contribution >= 0.6 is 11.6 Å². The molecule has 24 heavy (non-hydrogen) atoms. The molecule has 4 N–H and O–H groups in total. The lowest BCUT2D eigenvalue weighted by molar-refractivity contribution is 0.126.